The highest BCUT2D eigenvalue weighted by molar-refractivity contribution is 8.18. The first-order valence-electron chi connectivity index (χ1n) is 9.55. The van der Waals surface area contributed by atoms with Gasteiger partial charge < -0.3 is 19.5 Å². The van der Waals surface area contributed by atoms with Gasteiger partial charge in [0.05, 0.1) is 30.8 Å². The van der Waals surface area contributed by atoms with Crippen LogP contribution < -0.4 is 19.5 Å². The molecule has 1 fully saturated rings. The predicted molar refractivity (Wildman–Crippen MR) is 123 cm³/mol. The molecule has 168 valence electrons. The molecule has 1 heterocycles. The van der Waals surface area contributed by atoms with Gasteiger partial charge in [-0.15, -0.1) is 0 Å². The van der Waals surface area contributed by atoms with Crippen molar-refractivity contribution in [2.75, 3.05) is 32.7 Å². The zero-order chi connectivity index (χ0) is 23.3. The molecule has 0 spiro atoms. The van der Waals surface area contributed by atoms with Crippen molar-refractivity contribution in [1.29, 1.82) is 0 Å². The summed E-state index contributed by atoms with van der Waals surface area (Å²) in [7, 11) is 3.00. The van der Waals surface area contributed by atoms with Crippen molar-refractivity contribution in [3.63, 3.8) is 0 Å². The number of rotatable bonds is 8. The molecule has 0 radical (unpaired) electrons. The largest absolute Gasteiger partial charge is 0.495 e. The summed E-state index contributed by atoms with van der Waals surface area (Å²) in [6.45, 7) is 1.93. The smallest absolute Gasteiger partial charge is 0.294 e. The molecule has 2 aromatic carbocycles. The summed E-state index contributed by atoms with van der Waals surface area (Å²) >= 11 is 6.82. The second kappa shape index (κ2) is 10.4. The lowest BCUT2D eigenvalue weighted by molar-refractivity contribution is -0.127. The van der Waals surface area contributed by atoms with E-state index in [1.54, 1.807) is 36.4 Å². The van der Waals surface area contributed by atoms with E-state index < -0.39 is 23.6 Å². The quantitative estimate of drug-likeness (QED) is 0.563. The van der Waals surface area contributed by atoms with Gasteiger partial charge in [-0.2, -0.15) is 0 Å². The summed E-state index contributed by atoms with van der Waals surface area (Å²) in [6.07, 6.45) is 1.57. The molecule has 0 aromatic heterocycles. The number of ether oxygens (including phenoxy) is 3. The summed E-state index contributed by atoms with van der Waals surface area (Å²) in [5.74, 6) is 0.480. The average molecular weight is 477 g/mol. The Kier molecular flexibility index (Phi) is 7.66. The summed E-state index contributed by atoms with van der Waals surface area (Å²) in [5.41, 5.74) is 1.08. The molecule has 10 heteroatoms. The number of hydrogen-bond donors (Lipinski definition) is 1. The average Bonchev–Trinajstić information content (AvgIpc) is 3.02. The minimum absolute atomic E-state index is 0.210. The molecule has 0 atom stereocenters. The highest BCUT2D eigenvalue weighted by Crippen LogP contribution is 2.34. The molecule has 0 saturated carbocycles. The molecular formula is C22H21ClN2O6S. The third-order valence-corrected chi connectivity index (χ3v) is 5.60. The monoisotopic (exact) mass is 476 g/mol. The van der Waals surface area contributed by atoms with Crippen molar-refractivity contribution < 1.29 is 28.6 Å². The maximum absolute atomic E-state index is 12.7. The van der Waals surface area contributed by atoms with Crippen LogP contribution in [0.4, 0.5) is 10.5 Å². The molecule has 1 aliphatic rings. The van der Waals surface area contributed by atoms with Crippen molar-refractivity contribution in [3.05, 3.63) is 51.9 Å². The first kappa shape index (κ1) is 23.5. The standard InChI is InChI=1S/C22H21ClN2O6S/c1-4-31-17-7-5-13(9-18(17)30-3)10-19-21(27)25(22(28)32-19)12-20(26)24-14-6-8-16(29-2)15(23)11-14/h5-11H,4,12H2,1-3H3,(H,24,26)/b19-10+. The number of carbonyl (C=O) groups is 3. The number of carbonyl (C=O) groups excluding carboxylic acids is 3. The summed E-state index contributed by atoms with van der Waals surface area (Å²) < 4.78 is 15.9. The van der Waals surface area contributed by atoms with E-state index in [4.69, 9.17) is 25.8 Å². The maximum atomic E-state index is 12.7. The lowest BCUT2D eigenvalue weighted by atomic mass is 10.2. The van der Waals surface area contributed by atoms with E-state index >= 15 is 0 Å². The highest BCUT2D eigenvalue weighted by atomic mass is 35.5. The molecule has 0 unspecified atom stereocenters. The number of hydrogen-bond acceptors (Lipinski definition) is 7. The van der Waals surface area contributed by atoms with Gasteiger partial charge >= 0.3 is 0 Å². The van der Waals surface area contributed by atoms with E-state index in [0.29, 0.717) is 40.1 Å². The van der Waals surface area contributed by atoms with Crippen LogP contribution in [0.25, 0.3) is 6.08 Å². The Labute approximate surface area is 194 Å². The molecule has 2 aromatic rings. The van der Waals surface area contributed by atoms with Gasteiger partial charge in [-0.05, 0) is 60.7 Å². The number of benzene rings is 2. The zero-order valence-corrected chi connectivity index (χ0v) is 19.2. The Morgan fingerprint density at radius 3 is 2.47 bits per heavy atom. The second-order valence-corrected chi connectivity index (χ2v) is 7.91. The number of imide groups is 1. The van der Waals surface area contributed by atoms with Gasteiger partial charge in [-0.1, -0.05) is 17.7 Å². The Balaban J connectivity index is 1.70. The van der Waals surface area contributed by atoms with E-state index in [1.807, 2.05) is 6.92 Å². The fourth-order valence-electron chi connectivity index (χ4n) is 2.92. The number of anilines is 1. The van der Waals surface area contributed by atoms with Crippen LogP contribution in [-0.4, -0.2) is 49.3 Å². The fraction of sp³-hybridized carbons (Fsp3) is 0.227. The van der Waals surface area contributed by atoms with Crippen molar-refractivity contribution in [2.45, 2.75) is 6.92 Å². The second-order valence-electron chi connectivity index (χ2n) is 6.51. The topological polar surface area (TPSA) is 94.2 Å². The Morgan fingerprint density at radius 2 is 1.81 bits per heavy atom. The number of amides is 3. The summed E-state index contributed by atoms with van der Waals surface area (Å²) in [6, 6.07) is 9.92. The van der Waals surface area contributed by atoms with Crippen LogP contribution in [0.15, 0.2) is 41.3 Å². The number of thioether (sulfide) groups is 1. The molecule has 3 amide bonds. The van der Waals surface area contributed by atoms with Gasteiger partial charge in [0.1, 0.15) is 12.3 Å². The lowest BCUT2D eigenvalue weighted by Crippen LogP contribution is -2.36. The summed E-state index contributed by atoms with van der Waals surface area (Å²) in [4.78, 5) is 38.5. The van der Waals surface area contributed by atoms with Crippen molar-refractivity contribution >= 4 is 52.2 Å². The molecule has 0 aliphatic carbocycles. The van der Waals surface area contributed by atoms with Crippen LogP contribution in [0, 0.1) is 0 Å². The predicted octanol–water partition coefficient (Wildman–Crippen LogP) is 4.43. The van der Waals surface area contributed by atoms with Crippen LogP contribution in [0.5, 0.6) is 17.2 Å². The van der Waals surface area contributed by atoms with Crippen LogP contribution in [0.1, 0.15) is 12.5 Å². The van der Waals surface area contributed by atoms with Gasteiger partial charge in [0.25, 0.3) is 11.1 Å². The molecule has 32 heavy (non-hydrogen) atoms. The Bertz CT molecular complexity index is 1090. The van der Waals surface area contributed by atoms with Gasteiger partial charge in [0.15, 0.2) is 11.5 Å². The maximum Gasteiger partial charge on any atom is 0.294 e. The van der Waals surface area contributed by atoms with Crippen LogP contribution in [0.2, 0.25) is 5.02 Å². The minimum atomic E-state index is -0.546. The third kappa shape index (κ3) is 5.35. The molecule has 1 aliphatic heterocycles. The first-order chi connectivity index (χ1) is 15.4. The zero-order valence-electron chi connectivity index (χ0n) is 17.6. The van der Waals surface area contributed by atoms with Crippen molar-refractivity contribution in [2.24, 2.45) is 0 Å². The van der Waals surface area contributed by atoms with Gasteiger partial charge in [0, 0.05) is 5.69 Å². The molecule has 1 saturated heterocycles. The van der Waals surface area contributed by atoms with Crippen molar-refractivity contribution in [3.8, 4) is 17.2 Å². The molecular weight excluding hydrogens is 456 g/mol. The van der Waals surface area contributed by atoms with E-state index in [2.05, 4.69) is 5.32 Å². The SMILES string of the molecule is CCOc1ccc(/C=C2/SC(=O)N(CC(=O)Nc3ccc(OC)c(Cl)c3)C2=O)cc1OC. The third-order valence-electron chi connectivity index (χ3n) is 4.40. The Morgan fingerprint density at radius 1 is 1.09 bits per heavy atom. The number of nitrogens with one attached hydrogen (secondary N) is 1. The number of nitrogens with zero attached hydrogens (tertiary/aromatic N) is 1. The van der Waals surface area contributed by atoms with E-state index in [1.165, 1.54) is 20.3 Å². The molecule has 3 rings (SSSR count). The summed E-state index contributed by atoms with van der Waals surface area (Å²) in [5, 5.41) is 2.41. The molecule has 1 N–H and O–H groups in total. The molecule has 8 nitrogen and oxygen atoms in total. The van der Waals surface area contributed by atoms with E-state index in [-0.39, 0.29) is 4.91 Å². The van der Waals surface area contributed by atoms with Crippen LogP contribution in [0.3, 0.4) is 0 Å². The van der Waals surface area contributed by atoms with Gasteiger partial charge in [-0.3, -0.25) is 19.3 Å². The first-order valence-corrected chi connectivity index (χ1v) is 10.7. The fourth-order valence-corrected chi connectivity index (χ4v) is 4.02. The normalized spacial score (nSPS) is 14.6. The highest BCUT2D eigenvalue weighted by Gasteiger charge is 2.36. The number of methoxy groups -OCH3 is 2. The Hall–Kier alpha value is -3.17. The van der Waals surface area contributed by atoms with Crippen molar-refractivity contribution in [1.82, 2.24) is 4.90 Å². The number of halogens is 1. The van der Waals surface area contributed by atoms with E-state index in [0.717, 1.165) is 16.7 Å². The van der Waals surface area contributed by atoms with Gasteiger partial charge in [-0.25, -0.2) is 0 Å². The van der Waals surface area contributed by atoms with Gasteiger partial charge in [0.2, 0.25) is 5.91 Å². The van der Waals surface area contributed by atoms with Crippen LogP contribution >= 0.6 is 23.4 Å². The van der Waals surface area contributed by atoms with Crippen LogP contribution in [-0.2, 0) is 9.59 Å². The lowest BCUT2D eigenvalue weighted by Gasteiger charge is -2.13. The van der Waals surface area contributed by atoms with E-state index in [9.17, 15) is 14.4 Å². The minimum Gasteiger partial charge on any atom is -0.495 e. The molecule has 0 bridgehead atoms.